The van der Waals surface area contributed by atoms with Gasteiger partial charge >= 0.3 is 0 Å². The number of benzene rings is 1. The van der Waals surface area contributed by atoms with Crippen LogP contribution >= 0.6 is 22.7 Å². The fraction of sp³-hybridized carbons (Fsp3) is 0.172. The van der Waals surface area contributed by atoms with Crippen LogP contribution in [0.4, 0.5) is 21.5 Å². The highest BCUT2D eigenvalue weighted by Gasteiger charge is 2.09. The Morgan fingerprint density at radius 2 is 1.97 bits per heavy atom. The zero-order valence-electron chi connectivity index (χ0n) is 20.8. The van der Waals surface area contributed by atoms with Crippen molar-refractivity contribution in [2.45, 2.75) is 33.6 Å². The first-order valence-electron chi connectivity index (χ1n) is 11.5. The third-order valence-corrected chi connectivity index (χ3v) is 7.31. The van der Waals surface area contributed by atoms with E-state index in [0.717, 1.165) is 55.4 Å². The first-order chi connectivity index (χ1) is 17.4. The second-order valence-electron chi connectivity index (χ2n) is 7.99. The summed E-state index contributed by atoms with van der Waals surface area (Å²) in [4.78, 5) is 11.2. The van der Waals surface area contributed by atoms with Crippen LogP contribution in [0.2, 0.25) is 0 Å². The molecular weight excluding hydrogens is 482 g/mol. The van der Waals surface area contributed by atoms with Gasteiger partial charge in [-0.1, -0.05) is 47.8 Å². The van der Waals surface area contributed by atoms with Gasteiger partial charge in [0.15, 0.2) is 5.13 Å². The number of para-hydroxylation sites is 2. The van der Waals surface area contributed by atoms with Crippen LogP contribution in [0.5, 0.6) is 0 Å². The summed E-state index contributed by atoms with van der Waals surface area (Å²) in [5.41, 5.74) is 11.5. The number of hydrogen-bond acceptors (Lipinski definition) is 7. The molecule has 7 heteroatoms. The van der Waals surface area contributed by atoms with Gasteiger partial charge in [-0.3, -0.25) is 4.99 Å². The lowest BCUT2D eigenvalue weighted by Crippen LogP contribution is -1.99. The minimum absolute atomic E-state index is 0.686. The number of rotatable bonds is 11. The van der Waals surface area contributed by atoms with Crippen molar-refractivity contribution in [2.24, 2.45) is 4.99 Å². The van der Waals surface area contributed by atoms with Crippen LogP contribution in [-0.2, 0) is 0 Å². The summed E-state index contributed by atoms with van der Waals surface area (Å²) in [6.07, 6.45) is 16.9. The molecule has 184 valence electrons. The molecule has 0 atom stereocenters. The maximum absolute atomic E-state index is 6.02. The highest BCUT2D eigenvalue weighted by Crippen LogP contribution is 2.33. The SMILES string of the molecule is C#CCCC(/C=C\C(C)=N\C=C(/C)c1cnc(Nc2ccc(C(=C)Nc3ccccc3N)s2)s1)=C/C. The standard InChI is InChI=1S/C29H31N5S2/c1-6-8-11-23(7-2)15-14-21(4)31-18-20(3)27-19-32-29(36-27)34-28-17-16-26(35-28)22(5)33-25-13-10-9-12-24(25)30/h1,7,9-10,12-19,33H,5,8,11,30H2,2-4H3,(H,32,34)/b15-14-,20-18+,23-7-,31-21+. The van der Waals surface area contributed by atoms with E-state index in [1.165, 1.54) is 5.57 Å². The molecule has 0 fully saturated rings. The molecule has 0 aliphatic rings. The van der Waals surface area contributed by atoms with Crippen LogP contribution in [0.15, 0.2) is 84.2 Å². The Morgan fingerprint density at radius 1 is 1.17 bits per heavy atom. The average Bonchev–Trinajstić information content (AvgIpc) is 3.54. The molecule has 0 aliphatic carbocycles. The minimum Gasteiger partial charge on any atom is -0.397 e. The molecule has 0 aliphatic heterocycles. The van der Waals surface area contributed by atoms with E-state index >= 15 is 0 Å². The fourth-order valence-corrected chi connectivity index (χ4v) is 4.78. The number of thiazole rings is 1. The summed E-state index contributed by atoms with van der Waals surface area (Å²) in [5, 5.41) is 8.49. The lowest BCUT2D eigenvalue weighted by atomic mass is 10.1. The molecule has 3 aromatic rings. The summed E-state index contributed by atoms with van der Waals surface area (Å²) >= 11 is 3.19. The van der Waals surface area contributed by atoms with Crippen molar-refractivity contribution in [2.75, 3.05) is 16.4 Å². The van der Waals surface area contributed by atoms with Crippen LogP contribution in [0.25, 0.3) is 11.3 Å². The number of anilines is 4. The summed E-state index contributed by atoms with van der Waals surface area (Å²) in [7, 11) is 0. The number of thiophene rings is 1. The number of aromatic nitrogens is 1. The van der Waals surface area contributed by atoms with Crippen molar-refractivity contribution in [3.8, 4) is 12.3 Å². The van der Waals surface area contributed by atoms with Crippen molar-refractivity contribution in [3.05, 3.63) is 88.9 Å². The molecule has 0 radical (unpaired) electrons. The Bertz CT molecular complexity index is 1360. The van der Waals surface area contributed by atoms with Gasteiger partial charge in [0.2, 0.25) is 0 Å². The van der Waals surface area contributed by atoms with Gasteiger partial charge in [-0.15, -0.1) is 23.7 Å². The maximum atomic E-state index is 6.02. The van der Waals surface area contributed by atoms with Gasteiger partial charge < -0.3 is 16.4 Å². The van der Waals surface area contributed by atoms with Gasteiger partial charge in [-0.25, -0.2) is 4.98 Å². The predicted molar refractivity (Wildman–Crippen MR) is 161 cm³/mol. The molecule has 36 heavy (non-hydrogen) atoms. The zero-order valence-corrected chi connectivity index (χ0v) is 22.5. The predicted octanol–water partition coefficient (Wildman–Crippen LogP) is 8.35. The molecule has 0 spiro atoms. The van der Waals surface area contributed by atoms with Gasteiger partial charge in [0.05, 0.1) is 26.1 Å². The molecule has 3 rings (SSSR count). The molecule has 2 aromatic heterocycles. The molecular formula is C29H31N5S2. The van der Waals surface area contributed by atoms with Gasteiger partial charge in [0.25, 0.3) is 0 Å². The summed E-state index contributed by atoms with van der Waals surface area (Å²) in [6, 6.07) is 11.7. The Balaban J connectivity index is 1.60. The van der Waals surface area contributed by atoms with Gasteiger partial charge in [-0.2, -0.15) is 0 Å². The van der Waals surface area contributed by atoms with Crippen molar-refractivity contribution in [1.82, 2.24) is 4.98 Å². The molecule has 5 nitrogen and oxygen atoms in total. The highest BCUT2D eigenvalue weighted by molar-refractivity contribution is 7.19. The van der Waals surface area contributed by atoms with E-state index in [4.69, 9.17) is 12.2 Å². The van der Waals surface area contributed by atoms with E-state index < -0.39 is 0 Å². The molecule has 4 N–H and O–H groups in total. The van der Waals surface area contributed by atoms with E-state index in [2.05, 4.69) is 45.3 Å². The van der Waals surface area contributed by atoms with Crippen LogP contribution in [0, 0.1) is 12.3 Å². The Labute approximate surface area is 221 Å². The van der Waals surface area contributed by atoms with Crippen LogP contribution in [0.1, 0.15) is 43.4 Å². The first kappa shape index (κ1) is 26.7. The number of allylic oxidation sites excluding steroid dienone is 5. The number of nitrogens with one attached hydrogen (secondary N) is 2. The quantitative estimate of drug-likeness (QED) is 0.104. The molecule has 0 bridgehead atoms. The highest BCUT2D eigenvalue weighted by atomic mass is 32.1. The number of nitrogen functional groups attached to an aromatic ring is 1. The van der Waals surface area contributed by atoms with E-state index in [9.17, 15) is 0 Å². The molecule has 0 saturated carbocycles. The minimum atomic E-state index is 0.686. The van der Waals surface area contributed by atoms with Crippen molar-refractivity contribution in [1.29, 1.82) is 0 Å². The molecule has 0 saturated heterocycles. The van der Waals surface area contributed by atoms with Crippen molar-refractivity contribution in [3.63, 3.8) is 0 Å². The molecule has 0 amide bonds. The second-order valence-corrected chi connectivity index (χ2v) is 10.1. The third kappa shape index (κ3) is 7.84. The van der Waals surface area contributed by atoms with E-state index in [0.29, 0.717) is 5.69 Å². The Morgan fingerprint density at radius 3 is 2.72 bits per heavy atom. The lowest BCUT2D eigenvalue weighted by molar-refractivity contribution is 1.03. The van der Waals surface area contributed by atoms with Crippen LogP contribution in [-0.4, -0.2) is 10.7 Å². The van der Waals surface area contributed by atoms with E-state index in [1.54, 1.807) is 22.7 Å². The monoisotopic (exact) mass is 513 g/mol. The van der Waals surface area contributed by atoms with Crippen LogP contribution < -0.4 is 16.4 Å². The number of terminal acetylenes is 1. The van der Waals surface area contributed by atoms with Crippen LogP contribution in [0.3, 0.4) is 0 Å². The number of nitrogens with two attached hydrogens (primary N) is 1. The topological polar surface area (TPSA) is 75.3 Å². The van der Waals surface area contributed by atoms with Gasteiger partial charge in [-0.05, 0) is 63.1 Å². The van der Waals surface area contributed by atoms with Gasteiger partial charge in [0.1, 0.15) is 0 Å². The zero-order chi connectivity index (χ0) is 25.9. The number of hydrogen-bond donors (Lipinski definition) is 3. The second kappa shape index (κ2) is 13.3. The Hall–Kier alpha value is -3.86. The van der Waals surface area contributed by atoms with Crippen molar-refractivity contribution >= 4 is 61.2 Å². The summed E-state index contributed by atoms with van der Waals surface area (Å²) in [5.74, 6) is 2.68. The number of aliphatic imine (C=N–C) groups is 1. The lowest BCUT2D eigenvalue weighted by Gasteiger charge is -2.10. The largest absolute Gasteiger partial charge is 0.397 e. The molecule has 0 unspecified atom stereocenters. The van der Waals surface area contributed by atoms with E-state index in [1.807, 2.05) is 75.6 Å². The van der Waals surface area contributed by atoms with E-state index in [-0.39, 0.29) is 0 Å². The normalized spacial score (nSPS) is 12.6. The summed E-state index contributed by atoms with van der Waals surface area (Å²) in [6.45, 7) is 10.2. The average molecular weight is 514 g/mol. The number of nitrogens with zero attached hydrogens (tertiary/aromatic N) is 2. The third-order valence-electron chi connectivity index (χ3n) is 5.20. The molecule has 2 heterocycles. The smallest absolute Gasteiger partial charge is 0.188 e. The van der Waals surface area contributed by atoms with Crippen molar-refractivity contribution < 1.29 is 0 Å². The maximum Gasteiger partial charge on any atom is 0.188 e. The molecule has 1 aromatic carbocycles. The van der Waals surface area contributed by atoms with Gasteiger partial charge in [0, 0.05) is 30.2 Å². The summed E-state index contributed by atoms with van der Waals surface area (Å²) < 4.78 is 0. The Kier molecular flexibility index (Phi) is 9.87. The first-order valence-corrected chi connectivity index (χ1v) is 13.1. The fourth-order valence-electron chi connectivity index (χ4n) is 3.10.